The molecule has 1 aromatic carbocycles. The molecule has 0 spiro atoms. The van der Waals surface area contributed by atoms with E-state index in [1.54, 1.807) is 6.20 Å². The number of nitrogens with zero attached hydrogens (tertiary/aromatic N) is 2. The molecule has 0 atom stereocenters. The second-order valence-corrected chi connectivity index (χ2v) is 7.86. The van der Waals surface area contributed by atoms with Gasteiger partial charge in [0.15, 0.2) is 0 Å². The summed E-state index contributed by atoms with van der Waals surface area (Å²) in [6.07, 6.45) is 0.568. The van der Waals surface area contributed by atoms with Crippen molar-refractivity contribution < 1.29 is 31.4 Å². The quantitative estimate of drug-likeness (QED) is 0.484. The number of rotatable bonds is 10. The van der Waals surface area contributed by atoms with E-state index >= 15 is 0 Å². The van der Waals surface area contributed by atoms with Gasteiger partial charge in [-0.1, -0.05) is 30.3 Å². The Morgan fingerprint density at radius 1 is 1.06 bits per heavy atom. The summed E-state index contributed by atoms with van der Waals surface area (Å²) in [5, 5.41) is 0. The number of H-pyrrole nitrogens is 1. The van der Waals surface area contributed by atoms with E-state index in [4.69, 9.17) is 14.2 Å². The minimum atomic E-state index is -4.09. The summed E-state index contributed by atoms with van der Waals surface area (Å²) in [7, 11) is -1.64. The molecule has 0 amide bonds. The molecule has 0 saturated heterocycles. The van der Waals surface area contributed by atoms with Crippen molar-refractivity contribution in [1.29, 1.82) is 0 Å². The first kappa shape index (κ1) is 22.3. The van der Waals surface area contributed by atoms with Crippen LogP contribution in [0.5, 0.6) is 17.5 Å². The zero-order valence-electron chi connectivity index (χ0n) is 16.6. The molecule has 2 aromatic heterocycles. The average Bonchev–Trinajstić information content (AvgIpc) is 3.21. The number of aromatic nitrogens is 3. The van der Waals surface area contributed by atoms with Crippen molar-refractivity contribution in [1.82, 2.24) is 15.0 Å². The second kappa shape index (κ2) is 9.60. The Labute approximate surface area is 177 Å². The normalized spacial score (nSPS) is 11.4. The lowest BCUT2D eigenvalue weighted by Gasteiger charge is -2.14. The van der Waals surface area contributed by atoms with E-state index in [0.717, 1.165) is 5.56 Å². The predicted octanol–water partition coefficient (Wildman–Crippen LogP) is 2.86. The Hall–Kier alpha value is -3.41. The lowest BCUT2D eigenvalue weighted by Crippen LogP contribution is -2.17. The lowest BCUT2D eigenvalue weighted by atomic mass is 10.1. The molecular weight excluding hydrogens is 434 g/mol. The fourth-order valence-electron chi connectivity index (χ4n) is 2.76. The summed E-state index contributed by atoms with van der Waals surface area (Å²) in [6.45, 7) is -0.937. The summed E-state index contributed by atoms with van der Waals surface area (Å²) in [5.74, 6) is -1.16. The number of ether oxygens (including phenoxy) is 3. The zero-order chi connectivity index (χ0) is 22.4. The van der Waals surface area contributed by atoms with Crippen LogP contribution in [0.1, 0.15) is 11.1 Å². The Morgan fingerprint density at radius 2 is 1.71 bits per heavy atom. The van der Waals surface area contributed by atoms with Gasteiger partial charge in [-0.05, 0) is 11.1 Å². The van der Waals surface area contributed by atoms with Gasteiger partial charge in [-0.25, -0.2) is 21.9 Å². The number of hydrogen-bond acceptors (Lipinski definition) is 7. The Morgan fingerprint density at radius 3 is 2.29 bits per heavy atom. The third-order valence-corrected chi connectivity index (χ3v) is 5.50. The van der Waals surface area contributed by atoms with Crippen LogP contribution in [0.25, 0.3) is 0 Å². The van der Waals surface area contributed by atoms with Crippen LogP contribution in [0.15, 0.2) is 47.6 Å². The number of halogens is 2. The second-order valence-electron chi connectivity index (χ2n) is 6.21. The van der Waals surface area contributed by atoms with E-state index in [2.05, 4.69) is 19.7 Å². The molecule has 3 rings (SSSR count). The van der Waals surface area contributed by atoms with E-state index in [0.29, 0.717) is 12.0 Å². The number of sulfonamides is 1. The molecule has 0 radical (unpaired) electrons. The Kier molecular flexibility index (Phi) is 6.90. The number of benzene rings is 1. The van der Waals surface area contributed by atoms with Gasteiger partial charge in [0.25, 0.3) is 28.2 Å². The van der Waals surface area contributed by atoms with Crippen molar-refractivity contribution in [3.05, 3.63) is 53.9 Å². The van der Waals surface area contributed by atoms with Crippen LogP contribution in [0.4, 0.5) is 14.7 Å². The first-order valence-electron chi connectivity index (χ1n) is 8.97. The molecule has 12 heteroatoms. The van der Waals surface area contributed by atoms with Gasteiger partial charge in [0.05, 0.1) is 14.2 Å². The van der Waals surface area contributed by atoms with Gasteiger partial charge in [0.2, 0.25) is 11.7 Å². The van der Waals surface area contributed by atoms with Crippen molar-refractivity contribution in [3.8, 4) is 17.5 Å². The van der Waals surface area contributed by atoms with E-state index in [9.17, 15) is 17.2 Å². The van der Waals surface area contributed by atoms with E-state index < -0.39 is 23.1 Å². The van der Waals surface area contributed by atoms with Crippen LogP contribution in [0.2, 0.25) is 0 Å². The first-order chi connectivity index (χ1) is 14.8. The van der Waals surface area contributed by atoms with Crippen molar-refractivity contribution in [2.24, 2.45) is 0 Å². The van der Waals surface area contributed by atoms with Crippen LogP contribution in [0.3, 0.4) is 0 Å². The predicted molar refractivity (Wildman–Crippen MR) is 107 cm³/mol. The van der Waals surface area contributed by atoms with E-state index in [1.807, 2.05) is 30.3 Å². The maximum absolute atomic E-state index is 12.9. The summed E-state index contributed by atoms with van der Waals surface area (Å²) >= 11 is 0. The summed E-state index contributed by atoms with van der Waals surface area (Å²) < 4.78 is 68.2. The number of hydrogen-bond donors (Lipinski definition) is 2. The number of alkyl halides is 2. The van der Waals surface area contributed by atoms with Gasteiger partial charge in [0, 0.05) is 18.8 Å². The number of nitrogens with one attached hydrogen (secondary N) is 2. The van der Waals surface area contributed by atoms with Gasteiger partial charge in [-0.15, -0.1) is 0 Å². The molecule has 0 aliphatic rings. The summed E-state index contributed by atoms with van der Waals surface area (Å²) in [5.41, 5.74) is 1.47. The standard InChI is InChI=1S/C19H20F2N4O5S/c1-28-17-16(30-11-15(20)21)18(29-2)24-19(23-17)25-31(26,27)14-10-22-9-13(14)8-12-6-4-3-5-7-12/h3-7,9-10,15,22H,8,11H2,1-2H3,(H,23,24,25). The van der Waals surface area contributed by atoms with Crippen LogP contribution in [0, 0.1) is 0 Å². The van der Waals surface area contributed by atoms with Crippen LogP contribution < -0.4 is 18.9 Å². The smallest absolute Gasteiger partial charge is 0.272 e. The highest BCUT2D eigenvalue weighted by Crippen LogP contribution is 2.35. The molecule has 0 aliphatic heterocycles. The van der Waals surface area contributed by atoms with Crippen LogP contribution in [-0.2, 0) is 16.4 Å². The molecule has 3 aromatic rings. The van der Waals surface area contributed by atoms with Gasteiger partial charge in [-0.2, -0.15) is 9.97 Å². The fraction of sp³-hybridized carbons (Fsp3) is 0.263. The third kappa shape index (κ3) is 5.40. The third-order valence-electron chi connectivity index (χ3n) is 4.08. The molecule has 31 heavy (non-hydrogen) atoms. The number of anilines is 1. The van der Waals surface area contributed by atoms with Gasteiger partial charge < -0.3 is 19.2 Å². The SMILES string of the molecule is COc1nc(NS(=O)(=O)c2c[nH]cc2Cc2ccccc2)nc(OC)c1OCC(F)F. The summed E-state index contributed by atoms with van der Waals surface area (Å²) in [6, 6.07) is 9.35. The molecule has 0 fully saturated rings. The molecule has 0 bridgehead atoms. The van der Waals surface area contributed by atoms with Gasteiger partial charge in [-0.3, -0.25) is 0 Å². The van der Waals surface area contributed by atoms with Gasteiger partial charge >= 0.3 is 0 Å². The minimum Gasteiger partial charge on any atom is -0.478 e. The summed E-state index contributed by atoms with van der Waals surface area (Å²) in [4.78, 5) is 10.6. The van der Waals surface area contributed by atoms with Crippen LogP contribution in [-0.4, -0.2) is 50.6 Å². The highest BCUT2D eigenvalue weighted by molar-refractivity contribution is 7.92. The number of methoxy groups -OCH3 is 2. The van der Waals surface area contributed by atoms with Gasteiger partial charge in [0.1, 0.15) is 11.5 Å². The number of aromatic amines is 1. The molecule has 0 aliphatic carbocycles. The van der Waals surface area contributed by atoms with Crippen molar-refractivity contribution in [2.45, 2.75) is 17.7 Å². The molecule has 166 valence electrons. The molecule has 2 N–H and O–H groups in total. The average molecular weight is 454 g/mol. The van der Waals surface area contributed by atoms with Crippen molar-refractivity contribution in [2.75, 3.05) is 25.5 Å². The monoisotopic (exact) mass is 454 g/mol. The molecule has 0 saturated carbocycles. The minimum absolute atomic E-state index is 0.0101. The first-order valence-corrected chi connectivity index (χ1v) is 10.5. The fourth-order valence-corrected chi connectivity index (χ4v) is 3.90. The largest absolute Gasteiger partial charge is 0.478 e. The van der Waals surface area contributed by atoms with Crippen LogP contribution >= 0.6 is 0 Å². The zero-order valence-corrected chi connectivity index (χ0v) is 17.4. The van der Waals surface area contributed by atoms with E-state index in [-0.39, 0.29) is 28.4 Å². The Bertz CT molecular complexity index is 1100. The lowest BCUT2D eigenvalue weighted by molar-refractivity contribution is 0.0781. The Balaban J connectivity index is 1.89. The van der Waals surface area contributed by atoms with Crippen molar-refractivity contribution >= 4 is 16.0 Å². The topological polar surface area (TPSA) is 115 Å². The molecule has 2 heterocycles. The van der Waals surface area contributed by atoms with E-state index in [1.165, 1.54) is 20.4 Å². The molecule has 9 nitrogen and oxygen atoms in total. The van der Waals surface area contributed by atoms with Crippen molar-refractivity contribution in [3.63, 3.8) is 0 Å². The maximum atomic E-state index is 12.9. The molecular formula is C19H20F2N4O5S. The molecule has 0 unspecified atom stereocenters. The highest BCUT2D eigenvalue weighted by Gasteiger charge is 2.25. The highest BCUT2D eigenvalue weighted by atomic mass is 32.2. The maximum Gasteiger partial charge on any atom is 0.272 e.